The van der Waals surface area contributed by atoms with Gasteiger partial charge in [-0.1, -0.05) is 6.07 Å². The number of ether oxygens (including phenoxy) is 2. The van der Waals surface area contributed by atoms with Gasteiger partial charge in [-0.15, -0.1) is 0 Å². The third kappa shape index (κ3) is 3.13. The van der Waals surface area contributed by atoms with E-state index in [1.807, 2.05) is 12.1 Å². The quantitative estimate of drug-likeness (QED) is 0.863. The van der Waals surface area contributed by atoms with E-state index in [4.69, 9.17) is 9.47 Å². The molecule has 0 saturated carbocycles. The van der Waals surface area contributed by atoms with Gasteiger partial charge in [-0.05, 0) is 37.7 Å². The molecule has 1 aliphatic heterocycles. The van der Waals surface area contributed by atoms with Crippen LogP contribution in [0.25, 0.3) is 0 Å². The molecule has 0 N–H and O–H groups in total. The van der Waals surface area contributed by atoms with Crippen molar-refractivity contribution in [1.82, 2.24) is 14.9 Å². The molecule has 5 nitrogen and oxygen atoms in total. The number of nitrogens with zero attached hydrogens (tertiary/aromatic N) is 3. The number of hydrogen-bond donors (Lipinski definition) is 0. The third-order valence-electron chi connectivity index (χ3n) is 3.73. The molecular weight excluding hydrogens is 266 g/mol. The first-order valence-corrected chi connectivity index (χ1v) is 7.09. The van der Waals surface area contributed by atoms with Gasteiger partial charge in [0.25, 0.3) is 0 Å². The van der Waals surface area contributed by atoms with Gasteiger partial charge in [-0.3, -0.25) is 4.90 Å². The second-order valence-electron chi connectivity index (χ2n) is 5.20. The molecule has 0 unspecified atom stereocenters. The van der Waals surface area contributed by atoms with Crippen molar-refractivity contribution < 1.29 is 9.47 Å². The van der Waals surface area contributed by atoms with Crippen molar-refractivity contribution in [2.75, 3.05) is 20.3 Å². The van der Waals surface area contributed by atoms with Crippen LogP contribution in [-0.4, -0.2) is 35.1 Å². The molecule has 1 aliphatic rings. The molecule has 0 aliphatic carbocycles. The van der Waals surface area contributed by atoms with Crippen molar-refractivity contribution in [3.05, 3.63) is 48.0 Å². The van der Waals surface area contributed by atoms with E-state index in [-0.39, 0.29) is 6.04 Å². The maximum absolute atomic E-state index is 5.63. The zero-order valence-corrected chi connectivity index (χ0v) is 12.3. The fourth-order valence-electron chi connectivity index (χ4n) is 2.38. The Morgan fingerprint density at radius 3 is 2.76 bits per heavy atom. The summed E-state index contributed by atoms with van der Waals surface area (Å²) in [6.07, 6.45) is 3.36. The molecule has 0 saturated heterocycles. The van der Waals surface area contributed by atoms with Crippen molar-refractivity contribution in [3.63, 3.8) is 0 Å². The average molecular weight is 285 g/mol. The fourth-order valence-corrected chi connectivity index (χ4v) is 2.38. The number of hydrogen-bond acceptors (Lipinski definition) is 5. The highest BCUT2D eigenvalue weighted by atomic mass is 16.6. The second-order valence-corrected chi connectivity index (χ2v) is 5.20. The lowest BCUT2D eigenvalue weighted by atomic mass is 10.1. The molecule has 110 valence electrons. The van der Waals surface area contributed by atoms with Crippen LogP contribution in [0.5, 0.6) is 11.5 Å². The zero-order valence-electron chi connectivity index (χ0n) is 12.3. The summed E-state index contributed by atoms with van der Waals surface area (Å²) < 4.78 is 11.2. The van der Waals surface area contributed by atoms with Crippen LogP contribution in [0.3, 0.4) is 0 Å². The predicted octanol–water partition coefficient (Wildman–Crippen LogP) is 2.44. The fraction of sp³-hybridized carbons (Fsp3) is 0.375. The molecule has 2 heterocycles. The van der Waals surface area contributed by atoms with Crippen LogP contribution >= 0.6 is 0 Å². The van der Waals surface area contributed by atoms with Crippen molar-refractivity contribution in [1.29, 1.82) is 0 Å². The smallest absolute Gasteiger partial charge is 0.161 e. The van der Waals surface area contributed by atoms with Crippen LogP contribution in [0.2, 0.25) is 0 Å². The van der Waals surface area contributed by atoms with Crippen molar-refractivity contribution in [2.24, 2.45) is 0 Å². The summed E-state index contributed by atoms with van der Waals surface area (Å²) in [5.74, 6) is 1.67. The second kappa shape index (κ2) is 6.10. The molecule has 0 spiro atoms. The van der Waals surface area contributed by atoms with Gasteiger partial charge in [0.1, 0.15) is 19.5 Å². The topological polar surface area (TPSA) is 47.5 Å². The Kier molecular flexibility index (Phi) is 4.01. The number of benzene rings is 1. The minimum absolute atomic E-state index is 0.223. The first-order valence-electron chi connectivity index (χ1n) is 7.09. The molecule has 0 amide bonds. The molecule has 0 radical (unpaired) electrons. The summed E-state index contributed by atoms with van der Waals surface area (Å²) in [5, 5.41) is 0. The van der Waals surface area contributed by atoms with Crippen LogP contribution in [0, 0.1) is 0 Å². The number of rotatable bonds is 4. The monoisotopic (exact) mass is 285 g/mol. The molecule has 0 bridgehead atoms. The predicted molar refractivity (Wildman–Crippen MR) is 79.3 cm³/mol. The van der Waals surface area contributed by atoms with Crippen molar-refractivity contribution in [3.8, 4) is 11.5 Å². The highest BCUT2D eigenvalue weighted by Crippen LogP contribution is 2.31. The molecule has 5 heteroatoms. The summed E-state index contributed by atoms with van der Waals surface area (Å²) in [6.45, 7) is 4.20. The van der Waals surface area contributed by atoms with E-state index in [2.05, 4.69) is 41.0 Å². The molecule has 1 aromatic carbocycles. The minimum Gasteiger partial charge on any atom is -0.486 e. The molecular formula is C16H19N3O2. The van der Waals surface area contributed by atoms with E-state index in [0.29, 0.717) is 13.2 Å². The molecule has 1 aromatic heterocycles. The Morgan fingerprint density at radius 1 is 1.19 bits per heavy atom. The first kappa shape index (κ1) is 13.8. The zero-order chi connectivity index (χ0) is 14.7. The van der Waals surface area contributed by atoms with Crippen LogP contribution in [0.1, 0.15) is 24.2 Å². The van der Waals surface area contributed by atoms with E-state index in [0.717, 1.165) is 23.7 Å². The van der Waals surface area contributed by atoms with E-state index >= 15 is 0 Å². The highest BCUT2D eigenvalue weighted by Gasteiger charge is 2.16. The normalized spacial score (nSPS) is 15.0. The van der Waals surface area contributed by atoms with Gasteiger partial charge in [-0.2, -0.15) is 0 Å². The van der Waals surface area contributed by atoms with E-state index in [1.54, 1.807) is 12.5 Å². The van der Waals surface area contributed by atoms with Gasteiger partial charge >= 0.3 is 0 Å². The lowest BCUT2D eigenvalue weighted by molar-refractivity contribution is 0.171. The van der Waals surface area contributed by atoms with Crippen LogP contribution in [0.4, 0.5) is 0 Å². The number of aromatic nitrogens is 2. The molecule has 21 heavy (non-hydrogen) atoms. The minimum atomic E-state index is 0.223. The van der Waals surface area contributed by atoms with Gasteiger partial charge < -0.3 is 9.47 Å². The molecule has 0 fully saturated rings. The Morgan fingerprint density at radius 2 is 2.00 bits per heavy atom. The largest absolute Gasteiger partial charge is 0.486 e. The Bertz CT molecular complexity index is 604. The molecule has 2 aromatic rings. The van der Waals surface area contributed by atoms with E-state index in [1.165, 1.54) is 5.56 Å². The summed E-state index contributed by atoms with van der Waals surface area (Å²) in [5.41, 5.74) is 2.22. The SMILES string of the molecule is C[C@H](c1ccncn1)N(C)Cc1ccc2c(c1)OCCO2. The summed E-state index contributed by atoms with van der Waals surface area (Å²) in [4.78, 5) is 10.5. The maximum atomic E-state index is 5.63. The standard InChI is InChI=1S/C16H19N3O2/c1-12(14-5-6-17-11-18-14)19(2)10-13-3-4-15-16(9-13)21-8-7-20-15/h3-6,9,11-12H,7-8,10H2,1-2H3/t12-/m1/s1. The van der Waals surface area contributed by atoms with Crippen molar-refractivity contribution >= 4 is 0 Å². The van der Waals surface area contributed by atoms with Gasteiger partial charge in [0, 0.05) is 18.8 Å². The summed E-state index contributed by atoms with van der Waals surface area (Å²) in [6, 6.07) is 8.29. The number of fused-ring (bicyclic) bond motifs is 1. The lowest BCUT2D eigenvalue weighted by Crippen LogP contribution is -2.23. The Balaban J connectivity index is 1.71. The van der Waals surface area contributed by atoms with Crippen LogP contribution in [0.15, 0.2) is 36.8 Å². The van der Waals surface area contributed by atoms with E-state index < -0.39 is 0 Å². The van der Waals surface area contributed by atoms with Gasteiger partial charge in [0.05, 0.1) is 5.69 Å². The van der Waals surface area contributed by atoms with Crippen LogP contribution in [-0.2, 0) is 6.54 Å². The Hall–Kier alpha value is -2.14. The highest BCUT2D eigenvalue weighted by molar-refractivity contribution is 5.43. The average Bonchev–Trinajstić information content (AvgIpc) is 2.55. The van der Waals surface area contributed by atoms with Gasteiger partial charge in [0.15, 0.2) is 11.5 Å². The molecule has 3 rings (SSSR count). The summed E-state index contributed by atoms with van der Waals surface area (Å²) >= 11 is 0. The maximum Gasteiger partial charge on any atom is 0.161 e. The van der Waals surface area contributed by atoms with Crippen LogP contribution < -0.4 is 9.47 Å². The van der Waals surface area contributed by atoms with Gasteiger partial charge in [-0.25, -0.2) is 9.97 Å². The van der Waals surface area contributed by atoms with Crippen molar-refractivity contribution in [2.45, 2.75) is 19.5 Å². The lowest BCUT2D eigenvalue weighted by Gasteiger charge is -2.25. The summed E-state index contributed by atoms with van der Waals surface area (Å²) in [7, 11) is 2.09. The molecule has 1 atom stereocenters. The Labute approximate surface area is 124 Å². The van der Waals surface area contributed by atoms with E-state index in [9.17, 15) is 0 Å². The first-order chi connectivity index (χ1) is 10.2. The third-order valence-corrected chi connectivity index (χ3v) is 3.73. The van der Waals surface area contributed by atoms with Gasteiger partial charge in [0.2, 0.25) is 0 Å².